The van der Waals surface area contributed by atoms with E-state index in [0.717, 1.165) is 23.9 Å². The third kappa shape index (κ3) is 3.83. The lowest BCUT2D eigenvalue weighted by Crippen LogP contribution is -2.25. The summed E-state index contributed by atoms with van der Waals surface area (Å²) in [6.45, 7) is 5.84. The van der Waals surface area contributed by atoms with Gasteiger partial charge < -0.3 is 14.8 Å². The highest BCUT2D eigenvalue weighted by Crippen LogP contribution is 2.27. The number of carboxylic acid groups (broad SMARTS) is 1. The Morgan fingerprint density at radius 2 is 2.11 bits per heavy atom. The molecule has 0 atom stereocenters. The maximum Gasteiger partial charge on any atom is 0.371 e. The number of carboxylic acids is 1. The van der Waals surface area contributed by atoms with E-state index >= 15 is 0 Å². The molecule has 1 aromatic rings. The van der Waals surface area contributed by atoms with Crippen LogP contribution in [-0.4, -0.2) is 17.6 Å². The lowest BCUT2D eigenvalue weighted by Gasteiger charge is -2.26. The first kappa shape index (κ1) is 14.1. The second-order valence-corrected chi connectivity index (χ2v) is 5.75. The van der Waals surface area contributed by atoms with Crippen molar-refractivity contribution in [2.24, 2.45) is 11.8 Å². The molecule has 2 N–H and O–H groups in total. The van der Waals surface area contributed by atoms with Gasteiger partial charge in [-0.05, 0) is 44.2 Å². The van der Waals surface area contributed by atoms with Gasteiger partial charge in [0.15, 0.2) is 0 Å². The molecule has 0 radical (unpaired) electrons. The predicted molar refractivity (Wildman–Crippen MR) is 73.2 cm³/mol. The number of hydrogen-bond donors (Lipinski definition) is 2. The molecule has 19 heavy (non-hydrogen) atoms. The largest absolute Gasteiger partial charge is 0.475 e. The Morgan fingerprint density at radius 1 is 1.42 bits per heavy atom. The molecule has 0 unspecified atom stereocenters. The van der Waals surface area contributed by atoms with E-state index in [1.165, 1.54) is 25.7 Å². The molecule has 0 bridgehead atoms. The van der Waals surface area contributed by atoms with Crippen LogP contribution < -0.4 is 5.32 Å². The minimum absolute atomic E-state index is 0.0285. The van der Waals surface area contributed by atoms with Gasteiger partial charge in [0.1, 0.15) is 5.76 Å². The van der Waals surface area contributed by atoms with Crippen LogP contribution in [0.4, 0.5) is 0 Å². The van der Waals surface area contributed by atoms with Crippen molar-refractivity contribution in [3.63, 3.8) is 0 Å². The van der Waals surface area contributed by atoms with Gasteiger partial charge in [-0.1, -0.05) is 19.8 Å². The summed E-state index contributed by atoms with van der Waals surface area (Å²) in [5.74, 6) is 1.37. The molecule has 4 nitrogen and oxygen atoms in total. The molecule has 1 saturated carbocycles. The number of aromatic carboxylic acids is 1. The van der Waals surface area contributed by atoms with Gasteiger partial charge in [-0.2, -0.15) is 0 Å². The van der Waals surface area contributed by atoms with Crippen molar-refractivity contribution in [2.75, 3.05) is 6.54 Å². The van der Waals surface area contributed by atoms with Crippen molar-refractivity contribution in [1.82, 2.24) is 5.32 Å². The molecular formula is C15H23NO3. The third-order valence-electron chi connectivity index (χ3n) is 4.12. The fourth-order valence-electron chi connectivity index (χ4n) is 2.74. The molecule has 0 amide bonds. The Hall–Kier alpha value is -1.29. The van der Waals surface area contributed by atoms with E-state index < -0.39 is 5.97 Å². The van der Waals surface area contributed by atoms with Crippen molar-refractivity contribution in [3.05, 3.63) is 23.2 Å². The van der Waals surface area contributed by atoms with Crippen LogP contribution in [0.1, 0.15) is 54.5 Å². The fraction of sp³-hybridized carbons (Fsp3) is 0.667. The average molecular weight is 265 g/mol. The topological polar surface area (TPSA) is 62.5 Å². The monoisotopic (exact) mass is 265 g/mol. The average Bonchev–Trinajstić information content (AvgIpc) is 2.74. The van der Waals surface area contributed by atoms with Crippen LogP contribution in [0, 0.1) is 18.8 Å². The van der Waals surface area contributed by atoms with Crippen LogP contribution in [0.2, 0.25) is 0 Å². The van der Waals surface area contributed by atoms with Crippen LogP contribution >= 0.6 is 0 Å². The van der Waals surface area contributed by atoms with E-state index in [1.54, 1.807) is 6.07 Å². The molecule has 2 rings (SSSR count). The maximum absolute atomic E-state index is 10.8. The summed E-state index contributed by atoms with van der Waals surface area (Å²) in [6.07, 6.45) is 5.28. The predicted octanol–water partition coefficient (Wildman–Crippen LogP) is 3.20. The summed E-state index contributed by atoms with van der Waals surface area (Å²) in [7, 11) is 0. The van der Waals surface area contributed by atoms with Gasteiger partial charge in [0.05, 0.1) is 0 Å². The molecule has 0 saturated heterocycles. The molecule has 1 aliphatic rings. The smallest absolute Gasteiger partial charge is 0.371 e. The standard InChI is InChI=1S/C15H23NO3/c1-10-3-5-12(6-4-10)8-16-9-13-7-14(15(17)18)19-11(13)2/h7,10,12,16H,3-6,8-9H2,1-2H3,(H,17,18). The molecule has 106 valence electrons. The van der Waals surface area contributed by atoms with Gasteiger partial charge in [-0.25, -0.2) is 4.79 Å². The van der Waals surface area contributed by atoms with Crippen molar-refractivity contribution < 1.29 is 14.3 Å². The molecule has 4 heteroatoms. The molecular weight excluding hydrogens is 242 g/mol. The molecule has 1 heterocycles. The first-order valence-corrected chi connectivity index (χ1v) is 7.09. The van der Waals surface area contributed by atoms with Crippen LogP contribution in [0.3, 0.4) is 0 Å². The molecule has 0 aromatic carbocycles. The summed E-state index contributed by atoms with van der Waals surface area (Å²) in [6, 6.07) is 1.62. The Labute approximate surface area is 114 Å². The number of rotatable bonds is 5. The minimum atomic E-state index is -1.00. The van der Waals surface area contributed by atoms with E-state index in [4.69, 9.17) is 9.52 Å². The highest BCUT2D eigenvalue weighted by molar-refractivity contribution is 5.84. The lowest BCUT2D eigenvalue weighted by atomic mass is 9.83. The fourth-order valence-corrected chi connectivity index (χ4v) is 2.74. The van der Waals surface area contributed by atoms with E-state index in [1.807, 2.05) is 6.92 Å². The van der Waals surface area contributed by atoms with E-state index in [2.05, 4.69) is 12.2 Å². The zero-order valence-corrected chi connectivity index (χ0v) is 11.7. The molecule has 0 spiro atoms. The quantitative estimate of drug-likeness (QED) is 0.858. The number of hydrogen-bond acceptors (Lipinski definition) is 3. The van der Waals surface area contributed by atoms with Gasteiger partial charge in [0.2, 0.25) is 5.76 Å². The first-order chi connectivity index (χ1) is 9.06. The number of furan rings is 1. The van der Waals surface area contributed by atoms with Gasteiger partial charge in [0, 0.05) is 12.1 Å². The summed E-state index contributed by atoms with van der Waals surface area (Å²) >= 11 is 0. The van der Waals surface area contributed by atoms with E-state index in [-0.39, 0.29) is 5.76 Å². The van der Waals surface area contributed by atoms with E-state index in [0.29, 0.717) is 12.3 Å². The zero-order chi connectivity index (χ0) is 13.8. The molecule has 1 fully saturated rings. The van der Waals surface area contributed by atoms with Crippen molar-refractivity contribution in [1.29, 1.82) is 0 Å². The van der Waals surface area contributed by atoms with Gasteiger partial charge in [0.25, 0.3) is 0 Å². The number of carbonyl (C=O) groups is 1. The summed E-state index contributed by atoms with van der Waals surface area (Å²) in [5.41, 5.74) is 0.946. The Kier molecular flexibility index (Phi) is 4.64. The summed E-state index contributed by atoms with van der Waals surface area (Å²) < 4.78 is 5.19. The molecule has 0 aliphatic heterocycles. The highest BCUT2D eigenvalue weighted by atomic mass is 16.4. The van der Waals surface area contributed by atoms with Gasteiger partial charge in [-0.15, -0.1) is 0 Å². The van der Waals surface area contributed by atoms with Crippen LogP contribution in [0.5, 0.6) is 0 Å². The van der Waals surface area contributed by atoms with Crippen LogP contribution in [0.15, 0.2) is 10.5 Å². The SMILES string of the molecule is Cc1oc(C(=O)O)cc1CNCC1CCC(C)CC1. The minimum Gasteiger partial charge on any atom is -0.475 e. The number of nitrogens with one attached hydrogen (secondary N) is 1. The second kappa shape index (κ2) is 6.24. The Balaban J connectivity index is 1.78. The summed E-state index contributed by atoms with van der Waals surface area (Å²) in [5, 5.41) is 12.3. The normalized spacial score (nSPS) is 23.5. The van der Waals surface area contributed by atoms with Crippen LogP contribution in [0.25, 0.3) is 0 Å². The third-order valence-corrected chi connectivity index (χ3v) is 4.12. The first-order valence-electron chi connectivity index (χ1n) is 7.09. The number of aryl methyl sites for hydroxylation is 1. The lowest BCUT2D eigenvalue weighted by molar-refractivity contribution is 0.0661. The Bertz CT molecular complexity index is 431. The van der Waals surface area contributed by atoms with Crippen molar-refractivity contribution in [3.8, 4) is 0 Å². The zero-order valence-electron chi connectivity index (χ0n) is 11.7. The van der Waals surface area contributed by atoms with Crippen molar-refractivity contribution >= 4 is 5.97 Å². The van der Waals surface area contributed by atoms with E-state index in [9.17, 15) is 4.79 Å². The van der Waals surface area contributed by atoms with Crippen LogP contribution in [-0.2, 0) is 6.54 Å². The molecule has 1 aromatic heterocycles. The van der Waals surface area contributed by atoms with Gasteiger partial charge >= 0.3 is 5.97 Å². The van der Waals surface area contributed by atoms with Gasteiger partial charge in [-0.3, -0.25) is 0 Å². The summed E-state index contributed by atoms with van der Waals surface area (Å²) in [4.78, 5) is 10.8. The van der Waals surface area contributed by atoms with Crippen molar-refractivity contribution in [2.45, 2.75) is 46.1 Å². The molecule has 1 aliphatic carbocycles. The highest BCUT2D eigenvalue weighted by Gasteiger charge is 2.18. The Morgan fingerprint density at radius 3 is 2.68 bits per heavy atom. The maximum atomic E-state index is 10.8. The second-order valence-electron chi connectivity index (χ2n) is 5.75.